The van der Waals surface area contributed by atoms with Gasteiger partial charge >= 0.3 is 23.0 Å². The fourth-order valence-electron chi connectivity index (χ4n) is 1.75. The maximum atomic E-state index is 11.4. The van der Waals surface area contributed by atoms with Crippen LogP contribution in [0, 0.1) is 0 Å². The third kappa shape index (κ3) is 5.43. The van der Waals surface area contributed by atoms with Crippen LogP contribution >= 0.6 is 0 Å². The molecule has 0 saturated carbocycles. The van der Waals surface area contributed by atoms with E-state index in [9.17, 15) is 15.0 Å². The van der Waals surface area contributed by atoms with E-state index in [-0.39, 0.29) is 34.3 Å². The molecule has 5 nitrogen and oxygen atoms in total. The van der Waals surface area contributed by atoms with Gasteiger partial charge in [-0.2, -0.15) is 18.2 Å². The van der Waals surface area contributed by atoms with Gasteiger partial charge < -0.3 is 20.1 Å². The Morgan fingerprint density at radius 1 is 1.08 bits per heavy atom. The molecule has 0 heterocycles. The van der Waals surface area contributed by atoms with Crippen LogP contribution < -0.4 is 9.84 Å². The van der Waals surface area contributed by atoms with Crippen LogP contribution in [0.5, 0.6) is 11.5 Å². The summed E-state index contributed by atoms with van der Waals surface area (Å²) in [4.78, 5) is 10.6. The van der Waals surface area contributed by atoms with E-state index in [0.717, 1.165) is 12.1 Å². The van der Waals surface area contributed by atoms with E-state index in [2.05, 4.69) is 0 Å². The molecule has 0 amide bonds. The zero-order chi connectivity index (χ0) is 16.7. The smallest absolute Gasteiger partial charge is 0.872 e. The zero-order valence-electron chi connectivity index (χ0n) is 12.4. The first kappa shape index (κ1) is 19.2. The molecule has 2 aromatic rings. The largest absolute Gasteiger partial charge is 2.00 e. The minimum Gasteiger partial charge on any atom is -0.872 e. The third-order valence-corrected chi connectivity index (χ3v) is 2.86. The Labute approximate surface area is 149 Å². The van der Waals surface area contributed by atoms with Crippen molar-refractivity contribution >= 4 is 5.97 Å². The van der Waals surface area contributed by atoms with Crippen LogP contribution in [-0.2, 0) is 17.1 Å². The van der Waals surface area contributed by atoms with Gasteiger partial charge in [0, 0.05) is 0 Å². The second-order valence-corrected chi connectivity index (χ2v) is 4.51. The zero-order valence-corrected chi connectivity index (χ0v) is 13.5. The first-order valence-corrected chi connectivity index (χ1v) is 6.75. The molecule has 3 rings (SSSR count). The number of carboxylic acid groups (broad SMARTS) is 1. The van der Waals surface area contributed by atoms with E-state index in [1.54, 1.807) is 24.3 Å². The SMILES string of the molecule is O=C(O)c1ccc(OC(O)=C2C=CC=C2)cc1[O-].[Fe+2].c1cc[cH-]c1. The summed E-state index contributed by atoms with van der Waals surface area (Å²) in [5.41, 5.74) is 0.139. The number of rotatable bonds is 3. The van der Waals surface area contributed by atoms with E-state index in [1.165, 1.54) is 6.07 Å². The van der Waals surface area contributed by atoms with Crippen LogP contribution in [0.25, 0.3) is 0 Å². The van der Waals surface area contributed by atoms with E-state index in [0.29, 0.717) is 5.57 Å². The average molecular weight is 366 g/mol. The van der Waals surface area contributed by atoms with Crippen molar-refractivity contribution in [2.45, 2.75) is 0 Å². The van der Waals surface area contributed by atoms with Crippen molar-refractivity contribution in [1.29, 1.82) is 0 Å². The first-order chi connectivity index (χ1) is 11.1. The van der Waals surface area contributed by atoms with Crippen LogP contribution in [0.15, 0.2) is 84.4 Å². The van der Waals surface area contributed by atoms with Gasteiger partial charge in [0.25, 0.3) is 5.95 Å². The first-order valence-electron chi connectivity index (χ1n) is 6.75. The summed E-state index contributed by atoms with van der Waals surface area (Å²) in [6, 6.07) is 13.5. The van der Waals surface area contributed by atoms with Gasteiger partial charge in [-0.15, -0.1) is 0 Å². The predicted octanol–water partition coefficient (Wildman–Crippen LogP) is 3.14. The standard InChI is InChI=1S/C13H10O5.C5H5.Fe/c14-11-7-9(5-6-10(11)12(15)16)18-13(17)8-3-1-2-4-8;1-2-4-5-3-1;/h1-7,14,17H,(H,15,16);1-5H;/q;-1;+2/p-1. The number of aliphatic hydroxyl groups excluding tert-OH is 1. The molecule has 24 heavy (non-hydrogen) atoms. The van der Waals surface area contributed by atoms with Gasteiger partial charge in [-0.05, 0) is 30.4 Å². The summed E-state index contributed by atoms with van der Waals surface area (Å²) in [6.07, 6.45) is 6.72. The van der Waals surface area contributed by atoms with Gasteiger partial charge in [-0.3, -0.25) is 0 Å². The Hall–Kier alpha value is -2.82. The van der Waals surface area contributed by atoms with Crippen molar-refractivity contribution in [2.75, 3.05) is 0 Å². The number of aliphatic hydroxyl groups is 1. The fourth-order valence-corrected chi connectivity index (χ4v) is 1.75. The van der Waals surface area contributed by atoms with Gasteiger partial charge in [0.05, 0.1) is 11.1 Å². The molecule has 0 unspecified atom stereocenters. The van der Waals surface area contributed by atoms with Gasteiger partial charge in [0.1, 0.15) is 5.75 Å². The quantitative estimate of drug-likeness (QED) is 0.495. The summed E-state index contributed by atoms with van der Waals surface area (Å²) >= 11 is 0. The van der Waals surface area contributed by atoms with Crippen molar-refractivity contribution in [2.24, 2.45) is 0 Å². The molecule has 0 aromatic heterocycles. The summed E-state index contributed by atoms with van der Waals surface area (Å²) in [5, 5.41) is 29.7. The fraction of sp³-hybridized carbons (Fsp3) is 0. The molecule has 124 valence electrons. The molecular formula is C18H14FeO5. The molecule has 2 N–H and O–H groups in total. The van der Waals surface area contributed by atoms with Crippen molar-refractivity contribution in [3.63, 3.8) is 0 Å². The Morgan fingerprint density at radius 3 is 2.17 bits per heavy atom. The molecule has 6 heteroatoms. The predicted molar refractivity (Wildman–Crippen MR) is 83.4 cm³/mol. The summed E-state index contributed by atoms with van der Waals surface area (Å²) in [5.74, 6) is -2.22. The maximum Gasteiger partial charge on any atom is 2.00 e. The monoisotopic (exact) mass is 366 g/mol. The average Bonchev–Trinajstić information content (AvgIpc) is 3.23. The Kier molecular flexibility index (Phi) is 7.49. The van der Waals surface area contributed by atoms with Crippen molar-refractivity contribution in [1.82, 2.24) is 0 Å². The number of hydrogen-bond acceptors (Lipinski definition) is 4. The van der Waals surface area contributed by atoms with Crippen molar-refractivity contribution < 1.29 is 41.9 Å². The normalized spacial score (nSPS) is 11.2. The second kappa shape index (κ2) is 9.35. The maximum absolute atomic E-state index is 11.4. The van der Waals surface area contributed by atoms with Crippen molar-refractivity contribution in [3.05, 3.63) is 89.9 Å². The number of ether oxygens (including phenoxy) is 1. The van der Waals surface area contributed by atoms with E-state index in [4.69, 9.17) is 9.84 Å². The molecule has 0 bridgehead atoms. The minimum atomic E-state index is -1.30. The van der Waals surface area contributed by atoms with Crippen LogP contribution in [0.3, 0.4) is 0 Å². The summed E-state index contributed by atoms with van der Waals surface area (Å²) in [7, 11) is 0. The Morgan fingerprint density at radius 2 is 1.71 bits per heavy atom. The van der Waals surface area contributed by atoms with Crippen LogP contribution in [0.2, 0.25) is 0 Å². The number of allylic oxidation sites excluding steroid dienone is 5. The number of carboxylic acids is 1. The van der Waals surface area contributed by atoms with Gasteiger partial charge in [-0.1, -0.05) is 17.9 Å². The van der Waals surface area contributed by atoms with Crippen LogP contribution in [0.4, 0.5) is 0 Å². The van der Waals surface area contributed by atoms with E-state index >= 15 is 0 Å². The Bertz CT molecular complexity index is 727. The molecule has 1 aliphatic carbocycles. The molecular weight excluding hydrogens is 352 g/mol. The minimum absolute atomic E-state index is 0. The summed E-state index contributed by atoms with van der Waals surface area (Å²) < 4.78 is 5.05. The van der Waals surface area contributed by atoms with Crippen LogP contribution in [-0.4, -0.2) is 16.2 Å². The third-order valence-electron chi connectivity index (χ3n) is 2.86. The van der Waals surface area contributed by atoms with Gasteiger partial charge in [0.15, 0.2) is 0 Å². The van der Waals surface area contributed by atoms with Gasteiger partial charge in [0.2, 0.25) is 0 Å². The van der Waals surface area contributed by atoms with Crippen LogP contribution in [0.1, 0.15) is 10.4 Å². The topological polar surface area (TPSA) is 89.8 Å². The molecule has 1 aliphatic rings. The molecule has 0 aliphatic heterocycles. The molecule has 0 fully saturated rings. The second-order valence-electron chi connectivity index (χ2n) is 4.51. The Balaban J connectivity index is 0.000000412. The molecule has 0 atom stereocenters. The number of carbonyl (C=O) groups is 1. The molecule has 0 spiro atoms. The number of benzene rings is 1. The van der Waals surface area contributed by atoms with E-state index < -0.39 is 11.7 Å². The number of hydrogen-bond donors (Lipinski definition) is 2. The van der Waals surface area contributed by atoms with Gasteiger partial charge in [-0.25, -0.2) is 16.9 Å². The molecule has 0 radical (unpaired) electrons. The molecule has 2 aromatic carbocycles. The number of aromatic carboxylic acids is 1. The summed E-state index contributed by atoms with van der Waals surface area (Å²) in [6.45, 7) is 0. The molecule has 0 saturated heterocycles. The van der Waals surface area contributed by atoms with Crippen molar-refractivity contribution in [3.8, 4) is 11.5 Å². The van der Waals surface area contributed by atoms with E-state index in [1.807, 2.05) is 30.3 Å².